The second-order valence-electron chi connectivity index (χ2n) is 6.04. The van der Waals surface area contributed by atoms with Crippen LogP contribution >= 0.6 is 21.2 Å². The van der Waals surface area contributed by atoms with Gasteiger partial charge in [0.1, 0.15) is 0 Å². The van der Waals surface area contributed by atoms with Gasteiger partial charge in [-0.1, -0.05) is 0 Å². The zero-order valence-corrected chi connectivity index (χ0v) is 18.9. The van der Waals surface area contributed by atoms with Crippen LogP contribution < -0.4 is 10.7 Å². The first-order valence-corrected chi connectivity index (χ1v) is 17.2. The molecule has 0 aliphatic carbocycles. The SMILES string of the molecule is CN(C)C(=S)[S][Sn]([c]1ccccc1)([c]1ccccc1)[c]1ccccc1. The Balaban J connectivity index is 2.29. The van der Waals surface area contributed by atoms with Crippen LogP contribution in [0, 0.1) is 0 Å². The Hall–Kier alpha value is -1.30. The maximum absolute atomic E-state index is 5.77. The molecule has 0 saturated carbocycles. The number of benzene rings is 3. The van der Waals surface area contributed by atoms with E-state index in [2.05, 4.69) is 95.9 Å². The summed E-state index contributed by atoms with van der Waals surface area (Å²) in [7, 11) is 6.00. The van der Waals surface area contributed by atoms with Crippen LogP contribution in [0.3, 0.4) is 0 Å². The van der Waals surface area contributed by atoms with E-state index in [4.69, 9.17) is 12.2 Å². The van der Waals surface area contributed by atoms with Crippen molar-refractivity contribution in [2.45, 2.75) is 0 Å². The summed E-state index contributed by atoms with van der Waals surface area (Å²) in [5.41, 5.74) is 0. The Morgan fingerprint density at radius 2 is 1.00 bits per heavy atom. The number of thiocarbonyl (C=S) groups is 1. The van der Waals surface area contributed by atoms with E-state index in [-0.39, 0.29) is 0 Å². The molecule has 0 N–H and O–H groups in total. The van der Waals surface area contributed by atoms with Gasteiger partial charge in [-0.25, -0.2) is 0 Å². The van der Waals surface area contributed by atoms with Gasteiger partial charge >= 0.3 is 163 Å². The summed E-state index contributed by atoms with van der Waals surface area (Å²) in [5, 5.41) is 0. The minimum atomic E-state index is -3.31. The van der Waals surface area contributed by atoms with E-state index in [0.29, 0.717) is 0 Å². The normalized spacial score (nSPS) is 11.1. The van der Waals surface area contributed by atoms with Gasteiger partial charge in [0.05, 0.1) is 0 Å². The van der Waals surface area contributed by atoms with Crippen molar-refractivity contribution in [2.75, 3.05) is 14.1 Å². The molecular weight excluding hydrogens is 449 g/mol. The Kier molecular flexibility index (Phi) is 6.20. The predicted octanol–water partition coefficient (Wildman–Crippen LogP) is 3.23. The van der Waals surface area contributed by atoms with Crippen LogP contribution in [-0.4, -0.2) is 40.3 Å². The number of nitrogens with zero attached hydrogens (tertiary/aromatic N) is 1. The van der Waals surface area contributed by atoms with Gasteiger partial charge in [0, 0.05) is 0 Å². The van der Waals surface area contributed by atoms with Gasteiger partial charge in [-0.3, -0.25) is 0 Å². The summed E-state index contributed by atoms with van der Waals surface area (Å²) in [4.78, 5) is 2.06. The van der Waals surface area contributed by atoms with Crippen LogP contribution in [0.4, 0.5) is 0 Å². The average Bonchev–Trinajstić information content (AvgIpc) is 2.68. The number of rotatable bonds is 4. The Morgan fingerprint density at radius 1 is 0.680 bits per heavy atom. The van der Waals surface area contributed by atoms with Crippen molar-refractivity contribution in [3.05, 3.63) is 91.0 Å². The fourth-order valence-electron chi connectivity index (χ4n) is 2.92. The molecule has 3 aromatic carbocycles. The topological polar surface area (TPSA) is 3.24 Å². The molecule has 3 aromatic rings. The zero-order valence-electron chi connectivity index (χ0n) is 14.4. The van der Waals surface area contributed by atoms with Crippen LogP contribution in [0.25, 0.3) is 0 Å². The van der Waals surface area contributed by atoms with Gasteiger partial charge < -0.3 is 0 Å². The Bertz CT molecular complexity index is 724. The summed E-state index contributed by atoms with van der Waals surface area (Å²) in [5.74, 6) is 0. The standard InChI is InChI=1S/3C6H5.C3H7NS2.Sn/c3*1-2-4-6-5-3-1;1-4(2)3(5)6;/h3*1-5H;1-2H3,(H,5,6);/q;;;;+1/p-1. The van der Waals surface area contributed by atoms with Crippen LogP contribution in [0.15, 0.2) is 91.0 Å². The van der Waals surface area contributed by atoms with Gasteiger partial charge in [-0.05, 0) is 0 Å². The van der Waals surface area contributed by atoms with Crippen molar-refractivity contribution in [3.8, 4) is 0 Å². The molecule has 0 aliphatic heterocycles. The number of hydrogen-bond donors (Lipinski definition) is 0. The molecule has 0 fully saturated rings. The van der Waals surface area contributed by atoms with Gasteiger partial charge in [0.15, 0.2) is 0 Å². The van der Waals surface area contributed by atoms with Crippen LogP contribution in [0.1, 0.15) is 0 Å². The van der Waals surface area contributed by atoms with E-state index in [9.17, 15) is 0 Å². The molecule has 0 unspecified atom stereocenters. The minimum absolute atomic E-state index is 0.951. The Labute approximate surface area is 162 Å². The molecule has 25 heavy (non-hydrogen) atoms. The molecule has 0 amide bonds. The molecule has 0 aliphatic rings. The van der Waals surface area contributed by atoms with E-state index < -0.39 is 17.0 Å². The summed E-state index contributed by atoms with van der Waals surface area (Å²) in [6.07, 6.45) is 0. The average molecular weight is 470 g/mol. The van der Waals surface area contributed by atoms with Crippen molar-refractivity contribution in [2.24, 2.45) is 0 Å². The fraction of sp³-hybridized carbons (Fsp3) is 0.0952. The molecule has 0 bridgehead atoms. The predicted molar refractivity (Wildman–Crippen MR) is 118 cm³/mol. The zero-order chi connectivity index (χ0) is 17.7. The first-order valence-electron chi connectivity index (χ1n) is 8.21. The third kappa shape index (κ3) is 3.94. The molecule has 0 radical (unpaired) electrons. The summed E-state index contributed by atoms with van der Waals surface area (Å²) < 4.78 is 5.25. The molecule has 0 saturated heterocycles. The molecule has 4 heteroatoms. The van der Waals surface area contributed by atoms with E-state index in [1.807, 2.05) is 23.0 Å². The van der Waals surface area contributed by atoms with Gasteiger partial charge in [0.25, 0.3) is 0 Å². The maximum atomic E-state index is 5.77. The Morgan fingerprint density at radius 3 is 1.28 bits per heavy atom. The summed E-state index contributed by atoms with van der Waals surface area (Å²) in [6.45, 7) is 0. The third-order valence-corrected chi connectivity index (χ3v) is 25.7. The molecule has 0 heterocycles. The van der Waals surface area contributed by atoms with Crippen LogP contribution in [0.5, 0.6) is 0 Å². The van der Waals surface area contributed by atoms with Crippen molar-refractivity contribution in [3.63, 3.8) is 0 Å². The molecule has 126 valence electrons. The second kappa shape index (κ2) is 8.39. The summed E-state index contributed by atoms with van der Waals surface area (Å²) in [6, 6.07) is 32.8. The van der Waals surface area contributed by atoms with E-state index in [0.717, 1.165) is 4.32 Å². The van der Waals surface area contributed by atoms with Crippen molar-refractivity contribution in [1.29, 1.82) is 0 Å². The van der Waals surface area contributed by atoms with E-state index in [1.54, 1.807) is 0 Å². The van der Waals surface area contributed by atoms with Crippen molar-refractivity contribution >= 4 is 53.2 Å². The summed E-state index contributed by atoms with van der Waals surface area (Å²) >= 11 is 2.46. The van der Waals surface area contributed by atoms with Crippen molar-refractivity contribution in [1.82, 2.24) is 4.90 Å². The van der Waals surface area contributed by atoms with Gasteiger partial charge in [0.2, 0.25) is 0 Å². The van der Waals surface area contributed by atoms with Crippen LogP contribution in [0.2, 0.25) is 0 Å². The number of hydrogen-bond acceptors (Lipinski definition) is 2. The van der Waals surface area contributed by atoms with Crippen LogP contribution in [-0.2, 0) is 0 Å². The molecule has 0 atom stereocenters. The second-order valence-corrected chi connectivity index (χ2v) is 22.0. The van der Waals surface area contributed by atoms with Gasteiger partial charge in [-0.15, -0.1) is 0 Å². The van der Waals surface area contributed by atoms with E-state index in [1.165, 1.54) is 10.7 Å². The third-order valence-electron chi connectivity index (χ3n) is 4.15. The van der Waals surface area contributed by atoms with E-state index >= 15 is 0 Å². The van der Waals surface area contributed by atoms with Crippen molar-refractivity contribution < 1.29 is 0 Å². The quantitative estimate of drug-likeness (QED) is 0.426. The molecular formula is C21H21NS2Sn. The fourth-order valence-corrected chi connectivity index (χ4v) is 24.3. The molecule has 1 nitrogen and oxygen atoms in total. The molecule has 3 rings (SSSR count). The monoisotopic (exact) mass is 471 g/mol. The van der Waals surface area contributed by atoms with Gasteiger partial charge in [-0.2, -0.15) is 0 Å². The molecule has 0 spiro atoms. The first kappa shape index (κ1) is 18.5. The first-order chi connectivity index (χ1) is 12.1. The molecule has 0 aromatic heterocycles.